The minimum Gasteiger partial charge on any atom is -0.476 e. The normalized spacial score (nSPS) is 38.1. The second-order valence-corrected chi connectivity index (χ2v) is 7.00. The molecule has 4 fully saturated rings. The van der Waals surface area contributed by atoms with Crippen LogP contribution in [0.4, 0.5) is 5.69 Å². The van der Waals surface area contributed by atoms with Crippen LogP contribution in [0.25, 0.3) is 0 Å². The molecule has 4 saturated carbocycles. The number of carboxylic acid groups (broad SMARTS) is 1. The number of carbonyl (C=O) groups is 1. The molecule has 1 aromatic heterocycles. The fourth-order valence-corrected chi connectivity index (χ4v) is 5.20. The van der Waals surface area contributed by atoms with Crippen LogP contribution in [0.3, 0.4) is 0 Å². The molecule has 0 radical (unpaired) electrons. The molecule has 5 rings (SSSR count). The van der Waals surface area contributed by atoms with Gasteiger partial charge in [0.15, 0.2) is 5.69 Å². The standard InChI is InChI=1S/C15H19N3O2/c16-11-7-17-14(18-12(11)13(19)20)15-4-8-1-9(5-15)3-10(2-8)6-15/h7-10H,1-6,16H2,(H,19,20). The van der Waals surface area contributed by atoms with Crippen LogP contribution in [0.2, 0.25) is 0 Å². The van der Waals surface area contributed by atoms with E-state index < -0.39 is 5.97 Å². The minimum atomic E-state index is -1.06. The molecule has 106 valence electrons. The van der Waals surface area contributed by atoms with Crippen molar-refractivity contribution >= 4 is 11.7 Å². The van der Waals surface area contributed by atoms with Gasteiger partial charge in [-0.2, -0.15) is 0 Å². The van der Waals surface area contributed by atoms with Crippen LogP contribution in [0.5, 0.6) is 0 Å². The van der Waals surface area contributed by atoms with Gasteiger partial charge < -0.3 is 10.8 Å². The van der Waals surface area contributed by atoms with E-state index in [4.69, 9.17) is 5.73 Å². The number of anilines is 1. The van der Waals surface area contributed by atoms with Crippen LogP contribution in [0.1, 0.15) is 54.8 Å². The van der Waals surface area contributed by atoms with E-state index in [0.29, 0.717) is 0 Å². The predicted octanol–water partition coefficient (Wildman–Crippen LogP) is 2.22. The molecular formula is C15H19N3O2. The molecule has 0 aliphatic heterocycles. The average molecular weight is 273 g/mol. The van der Waals surface area contributed by atoms with Crippen LogP contribution in [0.15, 0.2) is 6.20 Å². The number of nitrogen functional groups attached to an aromatic ring is 1. The van der Waals surface area contributed by atoms with Crippen molar-refractivity contribution in [3.63, 3.8) is 0 Å². The Morgan fingerprint density at radius 1 is 1.20 bits per heavy atom. The molecule has 4 aliphatic carbocycles. The van der Waals surface area contributed by atoms with Crippen molar-refractivity contribution in [2.24, 2.45) is 17.8 Å². The highest BCUT2D eigenvalue weighted by Gasteiger charge is 2.53. The van der Waals surface area contributed by atoms with Crippen molar-refractivity contribution in [2.75, 3.05) is 5.73 Å². The number of hydrogen-bond donors (Lipinski definition) is 2. The lowest BCUT2D eigenvalue weighted by atomic mass is 9.49. The van der Waals surface area contributed by atoms with E-state index in [1.165, 1.54) is 25.5 Å². The van der Waals surface area contributed by atoms with Crippen LogP contribution in [0, 0.1) is 17.8 Å². The van der Waals surface area contributed by atoms with E-state index in [9.17, 15) is 9.90 Å². The lowest BCUT2D eigenvalue weighted by molar-refractivity contribution is -0.00948. The summed E-state index contributed by atoms with van der Waals surface area (Å²) in [5, 5.41) is 9.20. The van der Waals surface area contributed by atoms with E-state index >= 15 is 0 Å². The molecule has 4 aliphatic rings. The van der Waals surface area contributed by atoms with Gasteiger partial charge in [-0.3, -0.25) is 0 Å². The van der Waals surface area contributed by atoms with Crippen molar-refractivity contribution in [2.45, 2.75) is 43.9 Å². The fraction of sp³-hybridized carbons (Fsp3) is 0.667. The zero-order chi connectivity index (χ0) is 13.9. The summed E-state index contributed by atoms with van der Waals surface area (Å²) >= 11 is 0. The Morgan fingerprint density at radius 3 is 2.25 bits per heavy atom. The van der Waals surface area contributed by atoms with Gasteiger partial charge in [-0.25, -0.2) is 14.8 Å². The number of carboxylic acids is 1. The molecule has 0 spiro atoms. The summed E-state index contributed by atoms with van der Waals surface area (Å²) in [7, 11) is 0. The number of hydrogen-bond acceptors (Lipinski definition) is 4. The third kappa shape index (κ3) is 1.65. The van der Waals surface area contributed by atoms with Crippen LogP contribution < -0.4 is 5.73 Å². The quantitative estimate of drug-likeness (QED) is 0.862. The van der Waals surface area contributed by atoms with E-state index in [1.54, 1.807) is 0 Å². The molecule has 0 unspecified atom stereocenters. The lowest BCUT2D eigenvalue weighted by Crippen LogP contribution is -2.49. The first kappa shape index (κ1) is 12.1. The van der Waals surface area contributed by atoms with E-state index in [1.807, 2.05) is 0 Å². The highest BCUT2D eigenvalue weighted by molar-refractivity contribution is 5.90. The van der Waals surface area contributed by atoms with Gasteiger partial charge in [0.25, 0.3) is 0 Å². The molecule has 1 aromatic rings. The zero-order valence-electron chi connectivity index (χ0n) is 11.4. The van der Waals surface area contributed by atoms with Crippen molar-refractivity contribution in [3.8, 4) is 0 Å². The summed E-state index contributed by atoms with van der Waals surface area (Å²) in [6.45, 7) is 0. The maximum absolute atomic E-state index is 11.2. The third-order valence-electron chi connectivity index (χ3n) is 5.53. The second kappa shape index (κ2) is 3.93. The van der Waals surface area contributed by atoms with Crippen molar-refractivity contribution in [3.05, 3.63) is 17.7 Å². The maximum atomic E-state index is 11.2. The first-order valence-electron chi connectivity index (χ1n) is 7.42. The Bertz CT molecular complexity index is 549. The topological polar surface area (TPSA) is 89.1 Å². The molecule has 4 bridgehead atoms. The van der Waals surface area contributed by atoms with Crippen LogP contribution in [-0.4, -0.2) is 21.0 Å². The highest BCUT2D eigenvalue weighted by atomic mass is 16.4. The molecule has 0 atom stereocenters. The molecule has 5 heteroatoms. The Labute approximate surface area is 117 Å². The first-order valence-corrected chi connectivity index (χ1v) is 7.42. The van der Waals surface area contributed by atoms with Crippen LogP contribution in [-0.2, 0) is 5.41 Å². The van der Waals surface area contributed by atoms with Crippen LogP contribution >= 0.6 is 0 Å². The van der Waals surface area contributed by atoms with Gasteiger partial charge in [-0.1, -0.05) is 0 Å². The molecule has 20 heavy (non-hydrogen) atoms. The lowest BCUT2D eigenvalue weighted by Gasteiger charge is -2.55. The molecule has 3 N–H and O–H groups in total. The molecule has 1 heterocycles. The van der Waals surface area contributed by atoms with Crippen molar-refractivity contribution < 1.29 is 9.90 Å². The SMILES string of the molecule is Nc1cnc(C23CC4CC(CC(C4)C2)C3)nc1C(=O)O. The third-order valence-corrected chi connectivity index (χ3v) is 5.53. The van der Waals surface area contributed by atoms with Gasteiger partial charge in [0.05, 0.1) is 11.9 Å². The van der Waals surface area contributed by atoms with Crippen molar-refractivity contribution in [1.82, 2.24) is 9.97 Å². The van der Waals surface area contributed by atoms with Gasteiger partial charge in [0.1, 0.15) is 5.82 Å². The van der Waals surface area contributed by atoms with E-state index in [0.717, 1.165) is 42.8 Å². The number of nitrogens with two attached hydrogens (primary N) is 1. The molecule has 0 saturated heterocycles. The molecule has 5 nitrogen and oxygen atoms in total. The van der Waals surface area contributed by atoms with E-state index in [-0.39, 0.29) is 16.8 Å². The fourth-order valence-electron chi connectivity index (χ4n) is 5.20. The minimum absolute atomic E-state index is 0.0205. The number of aromatic carboxylic acids is 1. The maximum Gasteiger partial charge on any atom is 0.356 e. The van der Waals surface area contributed by atoms with Gasteiger partial charge in [-0.05, 0) is 56.3 Å². The Morgan fingerprint density at radius 2 is 1.75 bits per heavy atom. The highest BCUT2D eigenvalue weighted by Crippen LogP contribution is 2.60. The monoisotopic (exact) mass is 273 g/mol. The zero-order valence-corrected chi connectivity index (χ0v) is 11.4. The Kier molecular flexibility index (Phi) is 2.38. The Balaban J connectivity index is 1.77. The predicted molar refractivity (Wildman–Crippen MR) is 73.3 cm³/mol. The largest absolute Gasteiger partial charge is 0.476 e. The summed E-state index contributed by atoms with van der Waals surface area (Å²) in [4.78, 5) is 20.0. The van der Waals surface area contributed by atoms with Gasteiger partial charge in [-0.15, -0.1) is 0 Å². The smallest absolute Gasteiger partial charge is 0.356 e. The molecule has 0 aromatic carbocycles. The summed E-state index contributed by atoms with van der Waals surface area (Å²) in [5.41, 5.74) is 5.82. The van der Waals surface area contributed by atoms with Gasteiger partial charge in [0.2, 0.25) is 0 Å². The number of aromatic nitrogens is 2. The van der Waals surface area contributed by atoms with E-state index in [2.05, 4.69) is 9.97 Å². The Hall–Kier alpha value is -1.65. The van der Waals surface area contributed by atoms with Gasteiger partial charge in [0, 0.05) is 5.41 Å². The molecule has 0 amide bonds. The number of nitrogens with zero attached hydrogens (tertiary/aromatic N) is 2. The first-order chi connectivity index (χ1) is 9.56. The summed E-state index contributed by atoms with van der Waals surface area (Å²) in [6.07, 6.45) is 8.90. The van der Waals surface area contributed by atoms with Crippen molar-refractivity contribution in [1.29, 1.82) is 0 Å². The summed E-state index contributed by atoms with van der Waals surface area (Å²) < 4.78 is 0. The summed E-state index contributed by atoms with van der Waals surface area (Å²) in [6, 6.07) is 0. The average Bonchev–Trinajstić information content (AvgIpc) is 2.37. The number of rotatable bonds is 2. The van der Waals surface area contributed by atoms with Gasteiger partial charge >= 0.3 is 5.97 Å². The second-order valence-electron chi connectivity index (χ2n) is 7.00. The molecular weight excluding hydrogens is 254 g/mol. The summed E-state index contributed by atoms with van der Waals surface area (Å²) in [5.74, 6) is 2.03.